The van der Waals surface area contributed by atoms with Crippen molar-refractivity contribution >= 4 is 5.69 Å². The molecule has 0 aliphatic rings. The predicted molar refractivity (Wildman–Crippen MR) is 71.0 cm³/mol. The molecule has 5 heteroatoms. The monoisotopic (exact) mass is 258 g/mol. The van der Waals surface area contributed by atoms with Crippen LogP contribution in [0.3, 0.4) is 0 Å². The number of anilines is 1. The number of rotatable bonds is 5. The Morgan fingerprint density at radius 3 is 3.05 bits per heavy atom. The average Bonchev–Trinajstić information content (AvgIpc) is 2.90. The molecule has 0 saturated carbocycles. The van der Waals surface area contributed by atoms with E-state index >= 15 is 0 Å². The fourth-order valence-electron chi connectivity index (χ4n) is 1.87. The highest BCUT2D eigenvalue weighted by molar-refractivity contribution is 5.57. The second kappa shape index (κ2) is 6.01. The maximum atomic E-state index is 13.0. The van der Waals surface area contributed by atoms with Gasteiger partial charge >= 0.3 is 0 Å². The third-order valence-corrected chi connectivity index (χ3v) is 2.82. The molecule has 0 spiro atoms. The first-order valence-electron chi connectivity index (χ1n) is 6.08. The normalized spacial score (nSPS) is 11.8. The number of nitrogens with zero attached hydrogens (tertiary/aromatic N) is 3. The van der Waals surface area contributed by atoms with Gasteiger partial charge in [-0.3, -0.25) is 0 Å². The van der Waals surface area contributed by atoms with Gasteiger partial charge in [-0.2, -0.15) is 5.26 Å². The number of imidazole rings is 1. The van der Waals surface area contributed by atoms with E-state index in [9.17, 15) is 4.39 Å². The van der Waals surface area contributed by atoms with Crippen molar-refractivity contribution in [2.24, 2.45) is 5.92 Å². The Morgan fingerprint density at radius 2 is 2.37 bits per heavy atom. The van der Waals surface area contributed by atoms with Crippen LogP contribution in [0, 0.1) is 23.1 Å². The van der Waals surface area contributed by atoms with E-state index in [1.54, 1.807) is 18.6 Å². The number of nitrogens with one attached hydrogen (secondary N) is 1. The minimum Gasteiger partial charge on any atom is -0.384 e. The largest absolute Gasteiger partial charge is 0.384 e. The molecular weight excluding hydrogens is 243 g/mol. The van der Waals surface area contributed by atoms with Crippen LogP contribution in [-0.4, -0.2) is 16.1 Å². The Labute approximate surface area is 111 Å². The molecule has 2 rings (SSSR count). The third-order valence-electron chi connectivity index (χ3n) is 2.82. The molecule has 1 heterocycles. The van der Waals surface area contributed by atoms with Crippen LogP contribution in [0.4, 0.5) is 10.1 Å². The lowest BCUT2D eigenvalue weighted by molar-refractivity contribution is 0.503. The summed E-state index contributed by atoms with van der Waals surface area (Å²) in [6.07, 6.45) is 5.43. The highest BCUT2D eigenvalue weighted by atomic mass is 19.1. The number of nitriles is 1. The van der Waals surface area contributed by atoms with E-state index in [1.807, 2.05) is 16.8 Å². The van der Waals surface area contributed by atoms with E-state index in [4.69, 9.17) is 5.26 Å². The van der Waals surface area contributed by atoms with Crippen molar-refractivity contribution in [3.63, 3.8) is 0 Å². The second-order valence-corrected chi connectivity index (χ2v) is 4.55. The predicted octanol–water partition coefficient (Wildman–Crippen LogP) is 2.64. The molecule has 0 amide bonds. The van der Waals surface area contributed by atoms with Crippen LogP contribution in [0.5, 0.6) is 0 Å². The van der Waals surface area contributed by atoms with Gasteiger partial charge in [0, 0.05) is 25.5 Å². The summed E-state index contributed by atoms with van der Waals surface area (Å²) < 4.78 is 15.0. The molecule has 4 nitrogen and oxygen atoms in total. The molecular formula is C14H15FN4. The van der Waals surface area contributed by atoms with Gasteiger partial charge in [0.25, 0.3) is 0 Å². The average molecular weight is 258 g/mol. The van der Waals surface area contributed by atoms with Gasteiger partial charge in [0.2, 0.25) is 0 Å². The van der Waals surface area contributed by atoms with Gasteiger partial charge in [-0.1, -0.05) is 6.92 Å². The molecule has 1 aromatic carbocycles. The zero-order chi connectivity index (χ0) is 13.7. The first-order valence-corrected chi connectivity index (χ1v) is 6.08. The smallest absolute Gasteiger partial charge is 0.124 e. The van der Waals surface area contributed by atoms with Gasteiger partial charge in [-0.25, -0.2) is 9.37 Å². The minimum absolute atomic E-state index is 0.329. The third kappa shape index (κ3) is 3.55. The van der Waals surface area contributed by atoms with Crippen LogP contribution in [0.2, 0.25) is 0 Å². The van der Waals surface area contributed by atoms with Gasteiger partial charge in [0.1, 0.15) is 11.9 Å². The number of hydrogen-bond donors (Lipinski definition) is 1. The Hall–Kier alpha value is -2.35. The Kier molecular flexibility index (Phi) is 4.14. The lowest BCUT2D eigenvalue weighted by Crippen LogP contribution is -2.17. The van der Waals surface area contributed by atoms with Crippen LogP contribution < -0.4 is 5.32 Å². The number of benzene rings is 1. The van der Waals surface area contributed by atoms with Crippen molar-refractivity contribution < 1.29 is 4.39 Å². The summed E-state index contributed by atoms with van der Waals surface area (Å²) in [6.45, 7) is 3.65. The van der Waals surface area contributed by atoms with Gasteiger partial charge in [0.15, 0.2) is 0 Å². The standard InChI is InChI=1S/C14H15FN4/c1-11(9-19-5-4-17-10-19)8-18-14-3-2-13(15)6-12(14)7-16/h2-6,10-11,18H,8-9H2,1H3. The molecule has 0 saturated heterocycles. The van der Waals surface area contributed by atoms with Crippen LogP contribution >= 0.6 is 0 Å². The highest BCUT2D eigenvalue weighted by Gasteiger charge is 2.06. The Balaban J connectivity index is 1.93. The first kappa shape index (κ1) is 13.1. The van der Waals surface area contributed by atoms with E-state index in [0.29, 0.717) is 23.7 Å². The zero-order valence-corrected chi connectivity index (χ0v) is 10.7. The molecule has 1 N–H and O–H groups in total. The van der Waals surface area contributed by atoms with Crippen LogP contribution in [0.15, 0.2) is 36.9 Å². The molecule has 98 valence electrons. The van der Waals surface area contributed by atoms with Crippen molar-refractivity contribution in [2.45, 2.75) is 13.5 Å². The summed E-state index contributed by atoms with van der Waals surface area (Å²) >= 11 is 0. The molecule has 0 bridgehead atoms. The summed E-state index contributed by atoms with van der Waals surface area (Å²) in [5.41, 5.74) is 0.996. The van der Waals surface area contributed by atoms with Crippen molar-refractivity contribution in [2.75, 3.05) is 11.9 Å². The quantitative estimate of drug-likeness (QED) is 0.897. The summed E-state index contributed by atoms with van der Waals surface area (Å²) in [7, 11) is 0. The summed E-state index contributed by atoms with van der Waals surface area (Å²) in [5, 5.41) is 12.1. The number of hydrogen-bond acceptors (Lipinski definition) is 3. The van der Waals surface area contributed by atoms with Gasteiger partial charge in [-0.05, 0) is 24.1 Å². The maximum Gasteiger partial charge on any atom is 0.124 e. The van der Waals surface area contributed by atoms with Gasteiger partial charge in [0.05, 0.1) is 17.6 Å². The lowest BCUT2D eigenvalue weighted by Gasteiger charge is -2.14. The van der Waals surface area contributed by atoms with E-state index in [0.717, 1.165) is 6.54 Å². The fraction of sp³-hybridized carbons (Fsp3) is 0.286. The number of aromatic nitrogens is 2. The Morgan fingerprint density at radius 1 is 1.53 bits per heavy atom. The van der Waals surface area contributed by atoms with Crippen LogP contribution in [0.25, 0.3) is 0 Å². The second-order valence-electron chi connectivity index (χ2n) is 4.55. The molecule has 1 atom stereocenters. The van der Waals surface area contributed by atoms with E-state index in [-0.39, 0.29) is 0 Å². The van der Waals surface area contributed by atoms with E-state index in [1.165, 1.54) is 12.1 Å². The maximum absolute atomic E-state index is 13.0. The SMILES string of the molecule is CC(CNc1ccc(F)cc1C#N)Cn1ccnc1. The van der Waals surface area contributed by atoms with Crippen molar-refractivity contribution in [1.82, 2.24) is 9.55 Å². The molecule has 2 aromatic rings. The van der Waals surface area contributed by atoms with Gasteiger partial charge in [-0.15, -0.1) is 0 Å². The topological polar surface area (TPSA) is 53.6 Å². The van der Waals surface area contributed by atoms with Gasteiger partial charge < -0.3 is 9.88 Å². The molecule has 1 unspecified atom stereocenters. The highest BCUT2D eigenvalue weighted by Crippen LogP contribution is 2.16. The molecule has 0 radical (unpaired) electrons. The van der Waals surface area contributed by atoms with E-state index in [2.05, 4.69) is 17.2 Å². The summed E-state index contributed by atoms with van der Waals surface area (Å²) in [4.78, 5) is 3.99. The Bertz CT molecular complexity index is 572. The van der Waals surface area contributed by atoms with Crippen LogP contribution in [0.1, 0.15) is 12.5 Å². The van der Waals surface area contributed by atoms with Crippen molar-refractivity contribution in [3.05, 3.63) is 48.3 Å². The molecule has 1 aromatic heterocycles. The molecule has 19 heavy (non-hydrogen) atoms. The molecule has 0 aliphatic heterocycles. The summed E-state index contributed by atoms with van der Waals surface area (Å²) in [5.74, 6) is -0.0284. The molecule has 0 aliphatic carbocycles. The van der Waals surface area contributed by atoms with Crippen molar-refractivity contribution in [3.8, 4) is 6.07 Å². The first-order chi connectivity index (χ1) is 9.19. The summed E-state index contributed by atoms with van der Waals surface area (Å²) in [6, 6.07) is 6.17. The van der Waals surface area contributed by atoms with Crippen LogP contribution in [-0.2, 0) is 6.54 Å². The number of halogens is 1. The van der Waals surface area contributed by atoms with Crippen molar-refractivity contribution in [1.29, 1.82) is 5.26 Å². The lowest BCUT2D eigenvalue weighted by atomic mass is 10.1. The zero-order valence-electron chi connectivity index (χ0n) is 10.7. The minimum atomic E-state index is -0.395. The molecule has 0 fully saturated rings. The van der Waals surface area contributed by atoms with E-state index < -0.39 is 5.82 Å². The fourth-order valence-corrected chi connectivity index (χ4v) is 1.87.